The van der Waals surface area contributed by atoms with Crippen LogP contribution in [-0.4, -0.2) is 66.6 Å². The molecule has 4 atom stereocenters. The van der Waals surface area contributed by atoms with Crippen molar-refractivity contribution in [2.45, 2.75) is 32.7 Å². The summed E-state index contributed by atoms with van der Waals surface area (Å²) in [5.41, 5.74) is 3.25. The van der Waals surface area contributed by atoms with Crippen molar-refractivity contribution in [1.29, 1.82) is 0 Å². The van der Waals surface area contributed by atoms with E-state index in [1.165, 1.54) is 17.4 Å². The Labute approximate surface area is 212 Å². The van der Waals surface area contributed by atoms with E-state index in [1.54, 1.807) is 0 Å². The molecule has 2 aliphatic carbocycles. The number of rotatable bonds is 8. The fourth-order valence-electron chi connectivity index (χ4n) is 5.69. The first-order valence-electron chi connectivity index (χ1n) is 13.0. The molecule has 3 aliphatic rings. The Morgan fingerprint density at radius 3 is 2.69 bits per heavy atom. The Hall–Kier alpha value is -3.20. The number of likely N-dealkylation sites (N-methyl/N-ethyl adjacent to an activating group) is 1. The molecule has 36 heavy (non-hydrogen) atoms. The summed E-state index contributed by atoms with van der Waals surface area (Å²) in [6.07, 6.45) is 7.22. The smallest absolute Gasteiger partial charge is 0.229 e. The summed E-state index contributed by atoms with van der Waals surface area (Å²) in [4.78, 5) is 26.2. The van der Waals surface area contributed by atoms with Crippen LogP contribution in [-0.2, 0) is 4.79 Å². The van der Waals surface area contributed by atoms with Gasteiger partial charge in [0.2, 0.25) is 11.9 Å². The first kappa shape index (κ1) is 24.5. The van der Waals surface area contributed by atoms with E-state index in [2.05, 4.69) is 74.0 Å². The van der Waals surface area contributed by atoms with Gasteiger partial charge in [-0.05, 0) is 62.4 Å². The Morgan fingerprint density at radius 2 is 1.94 bits per heavy atom. The molecule has 0 radical (unpaired) electrons. The van der Waals surface area contributed by atoms with E-state index < -0.39 is 5.82 Å². The highest BCUT2D eigenvalue weighted by Crippen LogP contribution is 2.45. The summed E-state index contributed by atoms with van der Waals surface area (Å²) >= 11 is 0. The summed E-state index contributed by atoms with van der Waals surface area (Å²) in [5.74, 6) is 0.0593. The lowest BCUT2D eigenvalue weighted by Crippen LogP contribution is -2.44. The van der Waals surface area contributed by atoms with Crippen molar-refractivity contribution >= 4 is 29.0 Å². The van der Waals surface area contributed by atoms with Gasteiger partial charge in [0.15, 0.2) is 11.6 Å². The van der Waals surface area contributed by atoms with Crippen molar-refractivity contribution < 1.29 is 9.18 Å². The predicted octanol–water partition coefficient (Wildman–Crippen LogP) is 3.55. The number of nitrogens with one attached hydrogen (secondary N) is 3. The second-order valence-corrected chi connectivity index (χ2v) is 10.2. The fraction of sp³-hybridized carbons (Fsp3) is 0.519. The third-order valence-corrected chi connectivity index (χ3v) is 7.66. The van der Waals surface area contributed by atoms with E-state index in [4.69, 9.17) is 0 Å². The van der Waals surface area contributed by atoms with Crippen LogP contribution in [0.2, 0.25) is 0 Å². The number of amides is 1. The number of halogens is 1. The molecule has 1 amide bonds. The molecule has 0 spiro atoms. The van der Waals surface area contributed by atoms with Crippen LogP contribution in [0.1, 0.15) is 25.3 Å². The highest BCUT2D eigenvalue weighted by Gasteiger charge is 2.48. The average Bonchev–Trinajstić information content (AvgIpc) is 3.47. The van der Waals surface area contributed by atoms with Crippen LogP contribution >= 0.6 is 0 Å². The van der Waals surface area contributed by atoms with Crippen molar-refractivity contribution in [3.05, 3.63) is 47.9 Å². The number of hydrogen-bond acceptors (Lipinski definition) is 7. The van der Waals surface area contributed by atoms with Crippen molar-refractivity contribution in [3.8, 4) is 0 Å². The van der Waals surface area contributed by atoms with Gasteiger partial charge in [0.1, 0.15) is 0 Å². The number of piperazine rings is 1. The van der Waals surface area contributed by atoms with Crippen LogP contribution in [0.15, 0.2) is 36.5 Å². The standard InChI is InChI=1S/C27H36FN7O/c1-4-9-29-26(36)23-18-5-6-19(15-18)24(23)32-25-21(28)16-30-27(33-25)31-20-7-8-22(17(2)14-20)35-12-10-34(3)11-13-35/h5-8,14,16,18-19,23-24H,4,9-13,15H2,1-3H3,(H,29,36)(H2,30,31,32,33). The number of aromatic nitrogens is 2. The van der Waals surface area contributed by atoms with E-state index in [0.717, 1.165) is 44.7 Å². The van der Waals surface area contributed by atoms with E-state index >= 15 is 0 Å². The van der Waals surface area contributed by atoms with Gasteiger partial charge in [-0.2, -0.15) is 4.98 Å². The molecule has 192 valence electrons. The molecule has 2 bridgehead atoms. The van der Waals surface area contributed by atoms with Crippen molar-refractivity contribution in [1.82, 2.24) is 20.2 Å². The maximum atomic E-state index is 14.7. The zero-order valence-corrected chi connectivity index (χ0v) is 21.3. The zero-order chi connectivity index (χ0) is 25.2. The molecule has 3 N–H and O–H groups in total. The Bertz CT molecular complexity index is 1130. The van der Waals surface area contributed by atoms with Crippen molar-refractivity contribution in [2.24, 2.45) is 17.8 Å². The molecule has 2 aromatic rings. The van der Waals surface area contributed by atoms with Crippen LogP contribution in [0.25, 0.3) is 0 Å². The minimum Gasteiger partial charge on any atom is -0.369 e. The average molecular weight is 494 g/mol. The molecule has 9 heteroatoms. The summed E-state index contributed by atoms with van der Waals surface area (Å²) in [5, 5.41) is 9.49. The molecule has 1 saturated carbocycles. The third kappa shape index (κ3) is 5.02. The van der Waals surface area contributed by atoms with E-state index in [1.807, 2.05) is 13.0 Å². The van der Waals surface area contributed by atoms with Crippen LogP contribution in [0.3, 0.4) is 0 Å². The largest absolute Gasteiger partial charge is 0.369 e. The van der Waals surface area contributed by atoms with Gasteiger partial charge in [0, 0.05) is 50.1 Å². The molecule has 1 aromatic heterocycles. The monoisotopic (exact) mass is 493 g/mol. The molecule has 1 aromatic carbocycles. The third-order valence-electron chi connectivity index (χ3n) is 7.66. The van der Waals surface area contributed by atoms with Gasteiger partial charge in [-0.3, -0.25) is 4.79 Å². The number of benzene rings is 1. The normalized spacial score (nSPS) is 25.3. The number of allylic oxidation sites excluding steroid dienone is 1. The highest BCUT2D eigenvalue weighted by atomic mass is 19.1. The number of hydrogen-bond donors (Lipinski definition) is 3. The van der Waals surface area contributed by atoms with Crippen molar-refractivity contribution in [2.75, 3.05) is 55.3 Å². The van der Waals surface area contributed by atoms with Crippen molar-refractivity contribution in [3.63, 3.8) is 0 Å². The lowest BCUT2D eigenvalue weighted by atomic mass is 9.88. The topological polar surface area (TPSA) is 85.4 Å². The first-order valence-corrected chi connectivity index (χ1v) is 13.0. The highest BCUT2D eigenvalue weighted by molar-refractivity contribution is 5.81. The van der Waals surface area contributed by atoms with Gasteiger partial charge >= 0.3 is 0 Å². The van der Waals surface area contributed by atoms with E-state index in [9.17, 15) is 9.18 Å². The second kappa shape index (κ2) is 10.4. The number of nitrogens with zero attached hydrogens (tertiary/aromatic N) is 4. The quantitative estimate of drug-likeness (QED) is 0.485. The molecule has 8 nitrogen and oxygen atoms in total. The predicted molar refractivity (Wildman–Crippen MR) is 141 cm³/mol. The van der Waals surface area contributed by atoms with E-state index in [-0.39, 0.29) is 35.5 Å². The molecule has 1 saturated heterocycles. The molecular weight excluding hydrogens is 457 g/mol. The maximum Gasteiger partial charge on any atom is 0.229 e. The molecule has 2 heterocycles. The molecular formula is C27H36FN7O. The maximum absolute atomic E-state index is 14.7. The van der Waals surface area contributed by atoms with Gasteiger partial charge in [-0.1, -0.05) is 19.1 Å². The minimum atomic E-state index is -0.526. The van der Waals surface area contributed by atoms with Crippen LogP contribution in [0, 0.1) is 30.5 Å². The summed E-state index contributed by atoms with van der Waals surface area (Å²) < 4.78 is 14.7. The van der Waals surface area contributed by atoms with Gasteiger partial charge in [0.05, 0.1) is 12.1 Å². The van der Waals surface area contributed by atoms with E-state index in [0.29, 0.717) is 12.5 Å². The Morgan fingerprint density at radius 1 is 1.17 bits per heavy atom. The Balaban J connectivity index is 1.29. The zero-order valence-electron chi connectivity index (χ0n) is 21.3. The number of fused-ring (bicyclic) bond motifs is 2. The van der Waals surface area contributed by atoms with Crippen LogP contribution in [0.4, 0.5) is 27.5 Å². The van der Waals surface area contributed by atoms with Crippen LogP contribution in [0.5, 0.6) is 0 Å². The van der Waals surface area contributed by atoms with Gasteiger partial charge < -0.3 is 25.8 Å². The number of carbonyl (C=O) groups excluding carboxylic acids is 1. The number of carbonyl (C=O) groups is 1. The summed E-state index contributed by atoms with van der Waals surface area (Å²) in [7, 11) is 2.15. The lowest BCUT2D eigenvalue weighted by molar-refractivity contribution is -0.125. The Kier molecular flexibility index (Phi) is 7.09. The SMILES string of the molecule is CCCNC(=O)C1C2C=CC(C2)C1Nc1nc(Nc2ccc(N3CCN(C)CC3)c(C)c2)ncc1F. The first-order chi connectivity index (χ1) is 17.4. The summed E-state index contributed by atoms with van der Waals surface area (Å²) in [6.45, 7) is 8.90. The van der Waals surface area contributed by atoms with Gasteiger partial charge in [-0.15, -0.1) is 0 Å². The number of aryl methyl sites for hydroxylation is 1. The molecule has 5 rings (SSSR count). The van der Waals surface area contributed by atoms with Crippen LogP contribution < -0.4 is 20.9 Å². The van der Waals surface area contributed by atoms with Gasteiger partial charge in [-0.25, -0.2) is 9.37 Å². The summed E-state index contributed by atoms with van der Waals surface area (Å²) in [6, 6.07) is 6.00. The second-order valence-electron chi connectivity index (χ2n) is 10.2. The fourth-order valence-corrected chi connectivity index (χ4v) is 5.69. The van der Waals surface area contributed by atoms with Gasteiger partial charge in [0.25, 0.3) is 0 Å². The number of anilines is 4. The molecule has 4 unspecified atom stereocenters. The minimum absolute atomic E-state index is 0.0231. The molecule has 1 aliphatic heterocycles. The molecule has 2 fully saturated rings. The lowest BCUT2D eigenvalue weighted by Gasteiger charge is -2.35.